The van der Waals surface area contributed by atoms with Gasteiger partial charge in [0.05, 0.1) is 24.8 Å². The third-order valence-electron chi connectivity index (χ3n) is 5.51. The molecule has 1 aliphatic carbocycles. The lowest BCUT2D eigenvalue weighted by molar-refractivity contribution is 0.275. The number of benzene rings is 1. The lowest BCUT2D eigenvalue weighted by Crippen LogP contribution is -2.20. The first-order chi connectivity index (χ1) is 13.0. The molecule has 0 saturated heterocycles. The number of aliphatic hydroxyl groups is 2. The molecular formula is C22H25N3O2. The van der Waals surface area contributed by atoms with Crippen LogP contribution in [0.4, 0.5) is 0 Å². The first-order valence-corrected chi connectivity index (χ1v) is 9.43. The molecule has 2 heterocycles. The van der Waals surface area contributed by atoms with Gasteiger partial charge in [-0.05, 0) is 48.1 Å². The van der Waals surface area contributed by atoms with Crippen LogP contribution in [-0.2, 0) is 26.1 Å². The molecule has 4 rings (SSSR count). The van der Waals surface area contributed by atoms with Gasteiger partial charge in [0, 0.05) is 29.6 Å². The van der Waals surface area contributed by atoms with Gasteiger partial charge in [-0.2, -0.15) is 0 Å². The molecule has 1 atom stereocenters. The van der Waals surface area contributed by atoms with E-state index >= 15 is 0 Å². The SMILES string of the molecule is CCc1[nH]cc2c1[C@H](c1cc(CO)cc(CO)c1)c1nc(C)nc(C)c1C2. The number of fused-ring (bicyclic) bond motifs is 2. The molecule has 140 valence electrons. The van der Waals surface area contributed by atoms with Crippen LogP contribution in [0.5, 0.6) is 0 Å². The van der Waals surface area contributed by atoms with Crippen molar-refractivity contribution in [1.82, 2.24) is 15.0 Å². The molecule has 0 aliphatic heterocycles. The zero-order valence-corrected chi connectivity index (χ0v) is 16.0. The Hall–Kier alpha value is -2.50. The molecule has 5 heteroatoms. The summed E-state index contributed by atoms with van der Waals surface area (Å²) in [5.41, 5.74) is 9.69. The van der Waals surface area contributed by atoms with Crippen LogP contribution in [-0.4, -0.2) is 25.2 Å². The number of aromatic nitrogens is 3. The molecule has 0 spiro atoms. The highest BCUT2D eigenvalue weighted by Crippen LogP contribution is 2.43. The molecule has 0 radical (unpaired) electrons. The Morgan fingerprint density at radius 3 is 2.41 bits per heavy atom. The Bertz CT molecular complexity index is 985. The number of aromatic amines is 1. The fourth-order valence-corrected chi connectivity index (χ4v) is 4.33. The van der Waals surface area contributed by atoms with Gasteiger partial charge >= 0.3 is 0 Å². The van der Waals surface area contributed by atoms with E-state index in [1.54, 1.807) is 0 Å². The van der Waals surface area contributed by atoms with Crippen LogP contribution in [0.1, 0.15) is 69.1 Å². The molecule has 1 aliphatic rings. The number of hydrogen-bond donors (Lipinski definition) is 3. The quantitative estimate of drug-likeness (QED) is 0.520. The molecule has 5 nitrogen and oxygen atoms in total. The average molecular weight is 363 g/mol. The smallest absolute Gasteiger partial charge is 0.125 e. The number of rotatable bonds is 4. The number of aryl methyl sites for hydroxylation is 3. The molecule has 2 aromatic heterocycles. The second kappa shape index (κ2) is 6.91. The zero-order valence-electron chi connectivity index (χ0n) is 16.0. The highest BCUT2D eigenvalue weighted by Gasteiger charge is 2.33. The van der Waals surface area contributed by atoms with Gasteiger partial charge < -0.3 is 15.2 Å². The summed E-state index contributed by atoms with van der Waals surface area (Å²) >= 11 is 0. The van der Waals surface area contributed by atoms with Crippen LogP contribution < -0.4 is 0 Å². The molecule has 27 heavy (non-hydrogen) atoms. The minimum absolute atomic E-state index is 0.0258. The van der Waals surface area contributed by atoms with Crippen LogP contribution in [0.25, 0.3) is 0 Å². The molecule has 3 aromatic rings. The van der Waals surface area contributed by atoms with Crippen molar-refractivity contribution in [3.63, 3.8) is 0 Å². The van der Waals surface area contributed by atoms with E-state index in [1.807, 2.05) is 32.0 Å². The Morgan fingerprint density at radius 2 is 1.78 bits per heavy atom. The Morgan fingerprint density at radius 1 is 1.07 bits per heavy atom. The van der Waals surface area contributed by atoms with E-state index in [4.69, 9.17) is 4.98 Å². The number of nitrogens with one attached hydrogen (secondary N) is 1. The third kappa shape index (κ3) is 2.97. The summed E-state index contributed by atoms with van der Waals surface area (Å²) < 4.78 is 0. The predicted molar refractivity (Wildman–Crippen MR) is 104 cm³/mol. The normalized spacial score (nSPS) is 15.5. The summed E-state index contributed by atoms with van der Waals surface area (Å²) in [7, 11) is 0. The van der Waals surface area contributed by atoms with Gasteiger partial charge in [0.1, 0.15) is 5.82 Å². The average Bonchev–Trinajstić information content (AvgIpc) is 3.08. The summed E-state index contributed by atoms with van der Waals surface area (Å²) in [4.78, 5) is 12.9. The van der Waals surface area contributed by atoms with E-state index in [-0.39, 0.29) is 19.1 Å². The predicted octanol–water partition coefficient (Wildman–Crippen LogP) is 3.05. The standard InChI is InChI=1S/C22H25N3O2/c1-4-19-20-17(9-23-19)8-18-12(2)24-13(3)25-22(18)21(20)16-6-14(10-26)5-15(7-16)11-27/h5-7,9,21,23,26-27H,4,8,10-11H2,1-3H3/t21-/m0/s1. The van der Waals surface area contributed by atoms with Gasteiger partial charge in [-0.25, -0.2) is 9.97 Å². The first-order valence-electron chi connectivity index (χ1n) is 9.43. The maximum absolute atomic E-state index is 9.71. The molecular weight excluding hydrogens is 338 g/mol. The summed E-state index contributed by atoms with van der Waals surface area (Å²) in [6, 6.07) is 5.91. The molecule has 3 N–H and O–H groups in total. The van der Waals surface area contributed by atoms with Crippen molar-refractivity contribution in [2.24, 2.45) is 0 Å². The van der Waals surface area contributed by atoms with E-state index in [9.17, 15) is 10.2 Å². The van der Waals surface area contributed by atoms with E-state index in [2.05, 4.69) is 23.1 Å². The topological polar surface area (TPSA) is 82.0 Å². The number of hydrogen-bond acceptors (Lipinski definition) is 4. The van der Waals surface area contributed by atoms with Gasteiger partial charge in [0.2, 0.25) is 0 Å². The van der Waals surface area contributed by atoms with Crippen LogP contribution >= 0.6 is 0 Å². The Labute approximate surface area is 159 Å². The van der Waals surface area contributed by atoms with Crippen molar-refractivity contribution >= 4 is 0 Å². The van der Waals surface area contributed by atoms with Crippen molar-refractivity contribution in [1.29, 1.82) is 0 Å². The van der Waals surface area contributed by atoms with E-state index < -0.39 is 0 Å². The molecule has 1 aromatic carbocycles. The summed E-state index contributed by atoms with van der Waals surface area (Å²) in [6.07, 6.45) is 3.85. The maximum atomic E-state index is 9.71. The van der Waals surface area contributed by atoms with Crippen LogP contribution in [0.2, 0.25) is 0 Å². The van der Waals surface area contributed by atoms with Crippen LogP contribution in [0.3, 0.4) is 0 Å². The van der Waals surface area contributed by atoms with Gasteiger partial charge in [-0.3, -0.25) is 0 Å². The van der Waals surface area contributed by atoms with Gasteiger partial charge in [-0.1, -0.05) is 25.1 Å². The Balaban J connectivity index is 2.01. The van der Waals surface area contributed by atoms with E-state index in [0.29, 0.717) is 0 Å². The third-order valence-corrected chi connectivity index (χ3v) is 5.51. The lowest BCUT2D eigenvalue weighted by atomic mass is 9.77. The molecule has 0 fully saturated rings. The second-order valence-corrected chi connectivity index (χ2v) is 7.29. The van der Waals surface area contributed by atoms with Crippen molar-refractivity contribution in [2.75, 3.05) is 0 Å². The van der Waals surface area contributed by atoms with Gasteiger partial charge in [0.15, 0.2) is 0 Å². The van der Waals surface area contributed by atoms with Gasteiger partial charge in [-0.15, -0.1) is 0 Å². The minimum atomic E-state index is -0.0527. The Kier molecular flexibility index (Phi) is 4.58. The van der Waals surface area contributed by atoms with Crippen LogP contribution in [0.15, 0.2) is 24.4 Å². The zero-order chi connectivity index (χ0) is 19.1. The highest BCUT2D eigenvalue weighted by molar-refractivity contribution is 5.56. The van der Waals surface area contributed by atoms with Crippen LogP contribution in [0, 0.1) is 13.8 Å². The van der Waals surface area contributed by atoms with Crippen molar-refractivity contribution < 1.29 is 10.2 Å². The van der Waals surface area contributed by atoms with Crippen molar-refractivity contribution in [2.45, 2.75) is 52.7 Å². The molecule has 0 amide bonds. The molecule has 0 unspecified atom stereocenters. The number of H-pyrrole nitrogens is 1. The fraction of sp³-hybridized carbons (Fsp3) is 0.364. The highest BCUT2D eigenvalue weighted by atomic mass is 16.3. The first kappa shape index (κ1) is 17.9. The molecule has 0 saturated carbocycles. The number of nitrogens with zero attached hydrogens (tertiary/aromatic N) is 2. The summed E-state index contributed by atoms with van der Waals surface area (Å²) in [6.45, 7) is 6.03. The monoisotopic (exact) mass is 363 g/mol. The summed E-state index contributed by atoms with van der Waals surface area (Å²) in [5.74, 6) is 0.746. The number of aliphatic hydroxyl groups excluding tert-OH is 2. The van der Waals surface area contributed by atoms with Crippen molar-refractivity contribution in [3.8, 4) is 0 Å². The van der Waals surface area contributed by atoms with E-state index in [1.165, 1.54) is 22.4 Å². The second-order valence-electron chi connectivity index (χ2n) is 7.29. The fourth-order valence-electron chi connectivity index (χ4n) is 4.33. The summed E-state index contributed by atoms with van der Waals surface area (Å²) in [5, 5.41) is 19.4. The van der Waals surface area contributed by atoms with Gasteiger partial charge in [0.25, 0.3) is 0 Å². The maximum Gasteiger partial charge on any atom is 0.125 e. The lowest BCUT2D eigenvalue weighted by Gasteiger charge is -2.28. The van der Waals surface area contributed by atoms with E-state index in [0.717, 1.165) is 46.7 Å². The molecule has 0 bridgehead atoms. The largest absolute Gasteiger partial charge is 0.392 e. The van der Waals surface area contributed by atoms with Crippen molar-refractivity contribution in [3.05, 3.63) is 80.7 Å². The minimum Gasteiger partial charge on any atom is -0.392 e.